The molecule has 1 atom stereocenters. The number of benzene rings is 1. The number of ether oxygens (including phenoxy) is 1. The van der Waals surface area contributed by atoms with Crippen LogP contribution in [0.4, 0.5) is 14.5 Å². The van der Waals surface area contributed by atoms with Gasteiger partial charge in [-0.25, -0.2) is 9.78 Å². The average Bonchev–Trinajstić information content (AvgIpc) is 3.28. The van der Waals surface area contributed by atoms with E-state index in [1.165, 1.54) is 34.5 Å². The Morgan fingerprint density at radius 1 is 1.45 bits per heavy atom. The summed E-state index contributed by atoms with van der Waals surface area (Å²) in [5.74, 6) is -0.378. The van der Waals surface area contributed by atoms with Crippen molar-refractivity contribution in [2.24, 2.45) is 0 Å². The molecule has 2 N–H and O–H groups in total. The summed E-state index contributed by atoms with van der Waals surface area (Å²) in [5, 5.41) is 13.5. The Morgan fingerprint density at radius 2 is 2.24 bits per heavy atom. The first-order chi connectivity index (χ1) is 13.9. The number of carboxylic acid groups (broad SMARTS) is 1. The second-order valence-electron chi connectivity index (χ2n) is 6.19. The number of thioether (sulfide) groups is 1. The van der Waals surface area contributed by atoms with Crippen molar-refractivity contribution in [2.75, 3.05) is 24.2 Å². The first-order valence-corrected chi connectivity index (χ1v) is 10.7. The van der Waals surface area contributed by atoms with Gasteiger partial charge in [0.15, 0.2) is 10.0 Å². The molecule has 2 aromatic rings. The predicted octanol–water partition coefficient (Wildman–Crippen LogP) is 3.64. The molecule has 0 saturated carbocycles. The Bertz CT molecular complexity index is 865. The van der Waals surface area contributed by atoms with Gasteiger partial charge in [0, 0.05) is 36.7 Å². The zero-order chi connectivity index (χ0) is 20.8. The molecule has 0 spiro atoms. The van der Waals surface area contributed by atoms with Crippen LogP contribution in [0.1, 0.15) is 23.3 Å². The van der Waals surface area contributed by atoms with E-state index in [4.69, 9.17) is 5.11 Å². The van der Waals surface area contributed by atoms with Crippen LogP contribution < -0.4 is 10.1 Å². The molecule has 156 valence electrons. The number of rotatable bonds is 10. The number of carbonyl (C=O) groups is 2. The summed E-state index contributed by atoms with van der Waals surface area (Å²) in [6.45, 7) is -2.00. The third-order valence-electron chi connectivity index (χ3n) is 4.34. The molecule has 2 heterocycles. The number of hydrogen-bond acceptors (Lipinski definition) is 7. The quantitative estimate of drug-likeness (QED) is 0.542. The number of carbonyl (C=O) groups excluding carboxylic acids is 1. The van der Waals surface area contributed by atoms with Gasteiger partial charge >= 0.3 is 12.6 Å². The molecule has 0 unspecified atom stereocenters. The summed E-state index contributed by atoms with van der Waals surface area (Å²) in [4.78, 5) is 28.9. The van der Waals surface area contributed by atoms with Crippen LogP contribution in [-0.4, -0.2) is 58.4 Å². The van der Waals surface area contributed by atoms with E-state index in [0.29, 0.717) is 41.7 Å². The second-order valence-corrected chi connectivity index (χ2v) is 8.39. The fourth-order valence-corrected chi connectivity index (χ4v) is 4.81. The number of anilines is 1. The van der Waals surface area contributed by atoms with Crippen molar-refractivity contribution in [3.63, 3.8) is 0 Å². The zero-order valence-corrected chi connectivity index (χ0v) is 16.8. The lowest BCUT2D eigenvalue weighted by atomic mass is 10.2. The van der Waals surface area contributed by atoms with Crippen LogP contribution in [0.2, 0.25) is 0 Å². The van der Waals surface area contributed by atoms with Crippen LogP contribution in [0.25, 0.3) is 0 Å². The van der Waals surface area contributed by atoms with Crippen molar-refractivity contribution in [1.82, 2.24) is 9.88 Å². The summed E-state index contributed by atoms with van der Waals surface area (Å²) >= 11 is 2.66. The van der Waals surface area contributed by atoms with Crippen molar-refractivity contribution in [2.45, 2.75) is 29.8 Å². The van der Waals surface area contributed by atoms with Gasteiger partial charge in [0.25, 0.3) is 0 Å². The maximum Gasteiger partial charge on any atom is 0.387 e. The van der Waals surface area contributed by atoms with Crippen LogP contribution in [0.5, 0.6) is 5.75 Å². The normalized spacial score (nSPS) is 16.4. The van der Waals surface area contributed by atoms with Crippen molar-refractivity contribution in [3.8, 4) is 5.75 Å². The van der Waals surface area contributed by atoms with Crippen LogP contribution >= 0.6 is 23.1 Å². The molecule has 7 nitrogen and oxygen atoms in total. The number of amides is 1. The molecule has 1 aromatic heterocycles. The number of nitrogens with zero attached hydrogens (tertiary/aromatic N) is 2. The monoisotopic (exact) mass is 443 g/mol. The highest BCUT2D eigenvalue weighted by molar-refractivity contribution is 8.01. The Hall–Kier alpha value is -2.40. The Morgan fingerprint density at radius 3 is 2.97 bits per heavy atom. The number of nitrogens with one attached hydrogen (secondary N) is 1. The maximum atomic E-state index is 12.5. The molecule has 1 aromatic carbocycles. The summed E-state index contributed by atoms with van der Waals surface area (Å²) < 4.78 is 30.2. The number of alkyl halides is 2. The van der Waals surface area contributed by atoms with E-state index in [1.807, 2.05) is 0 Å². The molecule has 0 radical (unpaired) electrons. The zero-order valence-electron chi connectivity index (χ0n) is 15.2. The van der Waals surface area contributed by atoms with Crippen molar-refractivity contribution >= 4 is 40.7 Å². The van der Waals surface area contributed by atoms with Gasteiger partial charge in [-0.15, -0.1) is 11.3 Å². The van der Waals surface area contributed by atoms with Crippen molar-refractivity contribution < 1.29 is 28.2 Å². The third kappa shape index (κ3) is 5.80. The number of aromatic nitrogens is 1. The molecule has 1 fully saturated rings. The van der Waals surface area contributed by atoms with Gasteiger partial charge in [0.05, 0.1) is 5.69 Å². The number of aromatic carboxylic acids is 1. The van der Waals surface area contributed by atoms with E-state index >= 15 is 0 Å². The minimum absolute atomic E-state index is 0.0153. The summed E-state index contributed by atoms with van der Waals surface area (Å²) in [7, 11) is 0. The number of hydrogen-bond donors (Lipinski definition) is 2. The first-order valence-electron chi connectivity index (χ1n) is 8.83. The first kappa shape index (κ1) is 21.3. The molecule has 0 aliphatic carbocycles. The van der Waals surface area contributed by atoms with Gasteiger partial charge in [-0.3, -0.25) is 4.79 Å². The van der Waals surface area contributed by atoms with Gasteiger partial charge in [0.2, 0.25) is 5.91 Å². The standard InChI is InChI=1S/C18H19F2N3O4S2/c19-17(20)27-14-4-2-1-3-12(14)21-9-11-5-6-15(24)23(11)7-8-28-18-22-13(10-29-18)16(25)26/h1-4,10-11,17,21H,5-9H2,(H,25,26)/t11-/m1/s1. The van der Waals surface area contributed by atoms with Crippen LogP contribution in [0.3, 0.4) is 0 Å². The maximum absolute atomic E-state index is 12.5. The predicted molar refractivity (Wildman–Crippen MR) is 106 cm³/mol. The highest BCUT2D eigenvalue weighted by atomic mass is 32.2. The molecule has 1 aliphatic rings. The number of halogens is 2. The average molecular weight is 443 g/mol. The molecular formula is C18H19F2N3O4S2. The molecule has 3 rings (SSSR count). The van der Waals surface area contributed by atoms with E-state index in [2.05, 4.69) is 15.0 Å². The van der Waals surface area contributed by atoms with E-state index < -0.39 is 12.6 Å². The van der Waals surface area contributed by atoms with Gasteiger partial charge in [-0.1, -0.05) is 23.9 Å². The number of carboxylic acids is 1. The van der Waals surface area contributed by atoms with Gasteiger partial charge < -0.3 is 20.1 Å². The van der Waals surface area contributed by atoms with E-state index in [0.717, 1.165) is 0 Å². The molecule has 11 heteroatoms. The summed E-state index contributed by atoms with van der Waals surface area (Å²) in [6, 6.07) is 6.38. The lowest BCUT2D eigenvalue weighted by Crippen LogP contribution is -2.39. The van der Waals surface area contributed by atoms with E-state index in [1.54, 1.807) is 23.1 Å². The second kappa shape index (κ2) is 9.88. The van der Waals surface area contributed by atoms with E-state index in [9.17, 15) is 18.4 Å². The van der Waals surface area contributed by atoms with Crippen molar-refractivity contribution in [3.05, 3.63) is 35.3 Å². The van der Waals surface area contributed by atoms with Crippen LogP contribution in [0, 0.1) is 0 Å². The highest BCUT2D eigenvalue weighted by Gasteiger charge is 2.30. The molecule has 0 bridgehead atoms. The van der Waals surface area contributed by atoms with Gasteiger partial charge in [0.1, 0.15) is 5.75 Å². The lowest BCUT2D eigenvalue weighted by molar-refractivity contribution is -0.128. The van der Waals surface area contributed by atoms with E-state index in [-0.39, 0.29) is 23.4 Å². The largest absolute Gasteiger partial charge is 0.476 e. The molecular weight excluding hydrogens is 424 g/mol. The number of para-hydroxylation sites is 2. The fraction of sp³-hybridized carbons (Fsp3) is 0.389. The molecule has 1 amide bonds. The van der Waals surface area contributed by atoms with Crippen molar-refractivity contribution in [1.29, 1.82) is 0 Å². The smallest absolute Gasteiger partial charge is 0.387 e. The Labute approximate surface area is 174 Å². The summed E-state index contributed by atoms with van der Waals surface area (Å²) in [5.41, 5.74) is 0.465. The molecule has 29 heavy (non-hydrogen) atoms. The number of likely N-dealkylation sites (tertiary alicyclic amines) is 1. The van der Waals surface area contributed by atoms with Gasteiger partial charge in [-0.05, 0) is 18.6 Å². The topological polar surface area (TPSA) is 91.8 Å². The minimum atomic E-state index is -2.91. The van der Waals surface area contributed by atoms with Crippen LogP contribution in [0.15, 0.2) is 34.0 Å². The Balaban J connectivity index is 1.53. The van der Waals surface area contributed by atoms with Crippen LogP contribution in [-0.2, 0) is 4.79 Å². The Kier molecular flexibility index (Phi) is 7.26. The summed E-state index contributed by atoms with van der Waals surface area (Å²) in [6.07, 6.45) is 1.11. The third-order valence-corrected chi connectivity index (χ3v) is 6.34. The molecule has 1 aliphatic heterocycles. The lowest BCUT2D eigenvalue weighted by Gasteiger charge is -2.25. The highest BCUT2D eigenvalue weighted by Crippen LogP contribution is 2.28. The van der Waals surface area contributed by atoms with Gasteiger partial charge in [-0.2, -0.15) is 8.78 Å². The fourth-order valence-electron chi connectivity index (χ4n) is 3.00. The number of thiazole rings is 1. The minimum Gasteiger partial charge on any atom is -0.476 e. The SMILES string of the molecule is O=C(O)c1csc(SCCN2C(=O)CC[C@@H]2CNc2ccccc2OC(F)F)n1. The molecule has 1 saturated heterocycles.